The molecule has 0 bridgehead atoms. The summed E-state index contributed by atoms with van der Waals surface area (Å²) in [6.45, 7) is 16.9. The van der Waals surface area contributed by atoms with E-state index in [1.54, 1.807) is 12.1 Å². The van der Waals surface area contributed by atoms with Gasteiger partial charge in [0, 0.05) is 0 Å². The van der Waals surface area contributed by atoms with Crippen molar-refractivity contribution in [2.45, 2.75) is 336 Å². The molecule has 0 aliphatic carbocycles. The topological polar surface area (TPSA) is 79.3 Å². The number of hydrogen-bond acceptors (Lipinski definition) is 2. The molecule has 1 aromatic carbocycles. The van der Waals surface area contributed by atoms with Crippen molar-refractivity contribution in [2.24, 2.45) is 0 Å². The summed E-state index contributed by atoms with van der Waals surface area (Å²) in [5.74, 6) is 0. The van der Waals surface area contributed by atoms with Crippen LogP contribution < -0.4 is 26.1 Å². The third-order valence-electron chi connectivity index (χ3n) is 14.1. The maximum atomic E-state index is 10.6. The van der Waals surface area contributed by atoms with Crippen molar-refractivity contribution in [3.05, 3.63) is 29.8 Å². The van der Waals surface area contributed by atoms with Gasteiger partial charge in [0.05, 0.1) is 26.2 Å². The maximum Gasteiger partial charge on any atom is 0.0755 e. The largest absolute Gasteiger partial charge is 0.889 e. The second-order valence-corrected chi connectivity index (χ2v) is 21.1. The summed E-state index contributed by atoms with van der Waals surface area (Å²) >= 11 is 0. The van der Waals surface area contributed by atoms with E-state index in [0.29, 0.717) is 5.46 Å². The minimum Gasteiger partial charge on any atom is -0.889 e. The zero-order chi connectivity index (χ0) is 49.0. The Bertz CT molecular complexity index is 885. The fourth-order valence-electron chi connectivity index (χ4n) is 9.34. The highest BCUT2D eigenvalue weighted by Gasteiger charge is 1.99. The molecule has 0 spiro atoms. The van der Waals surface area contributed by atoms with Crippen LogP contribution in [0.4, 0.5) is 0 Å². The van der Waals surface area contributed by atoms with Crippen LogP contribution in [0.5, 0.6) is 0 Å². The Morgan fingerprint density at radius 1 is 0.269 bits per heavy atom. The molecule has 0 aliphatic heterocycles. The number of quaternary nitrogens is 2. The normalized spacial score (nSPS) is 11.1. The number of benzene rings is 1. The summed E-state index contributed by atoms with van der Waals surface area (Å²) in [6.07, 6.45) is 67.0. The number of nitrogens with two attached hydrogens (primary N) is 2. The first-order valence-electron chi connectivity index (χ1n) is 31.1. The van der Waals surface area contributed by atoms with Crippen molar-refractivity contribution in [1.29, 1.82) is 0 Å². The van der Waals surface area contributed by atoms with Gasteiger partial charge >= 0.3 is 0 Å². The Kier molecular flexibility index (Phi) is 64.3. The lowest BCUT2D eigenvalue weighted by atomic mass is 9.80. The van der Waals surface area contributed by atoms with Crippen LogP contribution in [0.1, 0.15) is 336 Å². The Morgan fingerprint density at radius 2 is 0.463 bits per heavy atom. The number of unbranched alkanes of at least 4 members (excludes halogenated alkanes) is 41. The summed E-state index contributed by atoms with van der Waals surface area (Å²) in [6, 6.07) is 7.14. The van der Waals surface area contributed by atoms with Gasteiger partial charge < -0.3 is 20.7 Å². The first-order chi connectivity index (χ1) is 33.1. The van der Waals surface area contributed by atoms with E-state index in [2.05, 4.69) is 45.3 Å². The van der Waals surface area contributed by atoms with Crippen molar-refractivity contribution >= 4 is 12.6 Å². The molecule has 0 saturated heterocycles. The standard InChI is InChI=1S/2C24H51N.C14H21BO2/c2*1-3-5-7-9-11-13-15-17-19-21-23-25-24-22-20-18-16-14-12-10-8-6-4-2;1-2-3-4-5-6-7-8-13-9-11-14(12-10-13)15(16)17/h2*25H,3-24H2,1-2H3;9-12H,2-8H2,1H3/q;;-2/p+2. The molecular formula is C62H125BN2O2. The van der Waals surface area contributed by atoms with Gasteiger partial charge in [-0.25, -0.2) is 0 Å². The first-order valence-corrected chi connectivity index (χ1v) is 31.1. The van der Waals surface area contributed by atoms with Crippen LogP contribution in [-0.4, -0.2) is 33.3 Å². The molecule has 0 unspecified atom stereocenters. The van der Waals surface area contributed by atoms with Crippen LogP contribution in [0.2, 0.25) is 0 Å². The van der Waals surface area contributed by atoms with Crippen LogP contribution in [0.15, 0.2) is 24.3 Å². The zero-order valence-electron chi connectivity index (χ0n) is 46.9. The lowest BCUT2D eigenvalue weighted by molar-refractivity contribution is -0.655. The Labute approximate surface area is 423 Å². The highest BCUT2D eigenvalue weighted by Crippen LogP contribution is 2.14. The predicted molar refractivity (Wildman–Crippen MR) is 300 cm³/mol. The first kappa shape index (κ1) is 68.2. The van der Waals surface area contributed by atoms with E-state index >= 15 is 0 Å². The molecule has 4 N–H and O–H groups in total. The SMILES string of the molecule is CCCCCCCCCCCC[NH2+]CCCCCCCCCCCC.CCCCCCCCCCCC[NH2+]CCCCCCCCCCCC.CCCCCCCCc1ccc(B([O-])[O-])cc1. The fraction of sp³-hybridized carbons (Fsp3) is 0.903. The minimum atomic E-state index is -1.85. The van der Waals surface area contributed by atoms with E-state index in [-0.39, 0.29) is 0 Å². The Balaban J connectivity index is 0. The van der Waals surface area contributed by atoms with Gasteiger partial charge in [-0.1, -0.05) is 304 Å². The van der Waals surface area contributed by atoms with Gasteiger partial charge in [-0.15, -0.1) is 5.46 Å². The van der Waals surface area contributed by atoms with Crippen LogP contribution in [0, 0.1) is 0 Å². The van der Waals surface area contributed by atoms with Crippen LogP contribution in [-0.2, 0) is 6.42 Å². The molecular weight excluding hydrogens is 816 g/mol. The molecule has 0 fully saturated rings. The zero-order valence-corrected chi connectivity index (χ0v) is 46.9. The molecule has 67 heavy (non-hydrogen) atoms. The van der Waals surface area contributed by atoms with E-state index < -0.39 is 7.12 Å². The average Bonchev–Trinajstić information content (AvgIpc) is 3.34. The molecule has 0 amide bonds. The van der Waals surface area contributed by atoms with Gasteiger partial charge in [-0.3, -0.25) is 0 Å². The molecule has 0 aliphatic rings. The third kappa shape index (κ3) is 61.2. The van der Waals surface area contributed by atoms with Crippen molar-refractivity contribution in [2.75, 3.05) is 26.2 Å². The number of rotatable bonds is 52. The summed E-state index contributed by atoms with van der Waals surface area (Å²) in [5, 5.41) is 26.4. The molecule has 5 heteroatoms. The highest BCUT2D eigenvalue weighted by molar-refractivity contribution is 6.55. The molecule has 398 valence electrons. The summed E-state index contributed by atoms with van der Waals surface area (Å²) in [5.41, 5.74) is 1.57. The molecule has 0 saturated carbocycles. The van der Waals surface area contributed by atoms with Crippen LogP contribution in [0.3, 0.4) is 0 Å². The lowest BCUT2D eigenvalue weighted by Crippen LogP contribution is -2.84. The molecule has 0 heterocycles. The Morgan fingerprint density at radius 3 is 0.672 bits per heavy atom. The third-order valence-corrected chi connectivity index (χ3v) is 14.1. The fourth-order valence-corrected chi connectivity index (χ4v) is 9.34. The monoisotopic (exact) mass is 941 g/mol. The van der Waals surface area contributed by atoms with E-state index in [1.165, 1.54) is 327 Å². The van der Waals surface area contributed by atoms with Gasteiger partial charge in [-0.2, -0.15) is 0 Å². The molecule has 0 atom stereocenters. The Hall–Kier alpha value is -0.875. The van der Waals surface area contributed by atoms with Crippen molar-refractivity contribution in [3.63, 3.8) is 0 Å². The highest BCUT2D eigenvalue weighted by atomic mass is 16.4. The quantitative estimate of drug-likeness (QED) is 0.0504. The van der Waals surface area contributed by atoms with E-state index in [9.17, 15) is 10.0 Å². The van der Waals surface area contributed by atoms with Crippen molar-refractivity contribution < 1.29 is 20.7 Å². The minimum absolute atomic E-state index is 0.344. The smallest absolute Gasteiger partial charge is 0.0755 e. The van der Waals surface area contributed by atoms with Crippen LogP contribution >= 0.6 is 0 Å². The van der Waals surface area contributed by atoms with Crippen molar-refractivity contribution in [3.8, 4) is 0 Å². The van der Waals surface area contributed by atoms with Gasteiger partial charge in [0.25, 0.3) is 0 Å². The predicted octanol–water partition coefficient (Wildman–Crippen LogP) is 15.8. The molecule has 1 aromatic rings. The summed E-state index contributed by atoms with van der Waals surface area (Å²) in [4.78, 5) is 0. The average molecular weight is 942 g/mol. The maximum absolute atomic E-state index is 10.6. The van der Waals surface area contributed by atoms with Gasteiger partial charge in [0.15, 0.2) is 0 Å². The van der Waals surface area contributed by atoms with Gasteiger partial charge in [-0.05, 0) is 69.8 Å². The van der Waals surface area contributed by atoms with E-state index in [4.69, 9.17) is 0 Å². The van der Waals surface area contributed by atoms with E-state index in [0.717, 1.165) is 6.42 Å². The lowest BCUT2D eigenvalue weighted by Gasteiger charge is -2.26. The second kappa shape index (κ2) is 63.1. The number of hydrogen-bond donors (Lipinski definition) is 2. The number of aryl methyl sites for hydroxylation is 1. The van der Waals surface area contributed by atoms with Crippen LogP contribution in [0.25, 0.3) is 0 Å². The van der Waals surface area contributed by atoms with E-state index in [1.807, 2.05) is 12.1 Å². The molecule has 4 nitrogen and oxygen atoms in total. The molecule has 0 radical (unpaired) electrons. The second-order valence-electron chi connectivity index (χ2n) is 21.1. The van der Waals surface area contributed by atoms with Crippen molar-refractivity contribution in [1.82, 2.24) is 0 Å². The molecule has 0 aromatic heterocycles. The summed E-state index contributed by atoms with van der Waals surface area (Å²) < 4.78 is 0. The molecule has 1 rings (SSSR count). The summed E-state index contributed by atoms with van der Waals surface area (Å²) in [7, 11) is -1.85. The van der Waals surface area contributed by atoms with Gasteiger partial charge in [0.1, 0.15) is 0 Å². The van der Waals surface area contributed by atoms with Gasteiger partial charge in [0.2, 0.25) is 0 Å².